The van der Waals surface area contributed by atoms with Crippen LogP contribution in [0.1, 0.15) is 30.2 Å². The molecule has 0 fully saturated rings. The van der Waals surface area contributed by atoms with E-state index >= 15 is 0 Å². The van der Waals surface area contributed by atoms with Crippen molar-refractivity contribution >= 4 is 33.0 Å². The van der Waals surface area contributed by atoms with Gasteiger partial charge in [-0.3, -0.25) is 4.99 Å². The van der Waals surface area contributed by atoms with Crippen LogP contribution in [0.5, 0.6) is 0 Å². The van der Waals surface area contributed by atoms with Gasteiger partial charge in [0.2, 0.25) is 10.0 Å². The summed E-state index contributed by atoms with van der Waals surface area (Å²) in [5.41, 5.74) is 7.93. The van der Waals surface area contributed by atoms with Crippen LogP contribution in [0.2, 0.25) is 0 Å². The molecule has 4 N–H and O–H groups in total. The monoisotopic (exact) mass is 380 g/mol. The molecule has 6 nitrogen and oxygen atoms in total. The summed E-state index contributed by atoms with van der Waals surface area (Å²) < 4.78 is 27.0. The van der Waals surface area contributed by atoms with Crippen LogP contribution < -0.4 is 15.8 Å². The quantitative estimate of drug-likeness (QED) is 0.391. The molecule has 8 heteroatoms. The van der Waals surface area contributed by atoms with Crippen molar-refractivity contribution in [2.75, 3.05) is 18.4 Å². The molecule has 1 aromatic carbocycles. The molecule has 0 saturated heterocycles. The second kappa shape index (κ2) is 8.46. The van der Waals surface area contributed by atoms with Crippen LogP contribution in [0.4, 0.5) is 5.69 Å². The van der Waals surface area contributed by atoms with E-state index in [1.165, 1.54) is 16.9 Å². The number of sulfonamides is 1. The SMILES string of the molecule is Cc1ccc(S(=O)(=O)NCCN=C(N)Nc2cccc(C(C)C)c2)s1. The van der Waals surface area contributed by atoms with Crippen LogP contribution in [0.25, 0.3) is 0 Å². The lowest BCUT2D eigenvalue weighted by atomic mass is 10.0. The second-order valence-corrected chi connectivity index (χ2v) is 9.22. The first kappa shape index (κ1) is 19.4. The van der Waals surface area contributed by atoms with Gasteiger partial charge in [0.15, 0.2) is 5.96 Å². The zero-order chi connectivity index (χ0) is 18.4. The third-order valence-corrected chi connectivity index (χ3v) is 6.45. The highest BCUT2D eigenvalue weighted by molar-refractivity contribution is 7.91. The first-order valence-corrected chi connectivity index (χ1v) is 10.3. The van der Waals surface area contributed by atoms with Gasteiger partial charge >= 0.3 is 0 Å². The largest absolute Gasteiger partial charge is 0.370 e. The zero-order valence-electron chi connectivity index (χ0n) is 14.6. The van der Waals surface area contributed by atoms with Crippen LogP contribution in [0.3, 0.4) is 0 Å². The lowest BCUT2D eigenvalue weighted by Crippen LogP contribution is -2.28. The summed E-state index contributed by atoms with van der Waals surface area (Å²) in [5, 5.41) is 3.02. The summed E-state index contributed by atoms with van der Waals surface area (Å²) in [6, 6.07) is 11.3. The Morgan fingerprint density at radius 1 is 1.28 bits per heavy atom. The van der Waals surface area contributed by atoms with E-state index in [1.54, 1.807) is 12.1 Å². The number of nitrogens with zero attached hydrogens (tertiary/aromatic N) is 1. The number of thiophene rings is 1. The normalized spacial score (nSPS) is 12.6. The molecule has 1 heterocycles. The maximum absolute atomic E-state index is 12.1. The minimum atomic E-state index is -3.47. The van der Waals surface area contributed by atoms with E-state index < -0.39 is 10.0 Å². The third kappa shape index (κ3) is 5.84. The first-order valence-electron chi connectivity index (χ1n) is 8.01. The minimum absolute atomic E-state index is 0.188. The number of benzene rings is 1. The average Bonchev–Trinajstić information content (AvgIpc) is 2.99. The summed E-state index contributed by atoms with van der Waals surface area (Å²) in [5.74, 6) is 0.683. The molecule has 2 rings (SSSR count). The van der Waals surface area contributed by atoms with E-state index in [0.29, 0.717) is 10.1 Å². The second-order valence-electron chi connectivity index (χ2n) is 5.93. The summed E-state index contributed by atoms with van der Waals surface area (Å²) >= 11 is 1.24. The van der Waals surface area contributed by atoms with Gasteiger partial charge in [0, 0.05) is 17.1 Å². The van der Waals surface area contributed by atoms with Crippen LogP contribution in [0.15, 0.2) is 45.6 Å². The average molecular weight is 381 g/mol. The van der Waals surface area contributed by atoms with Gasteiger partial charge in [-0.05, 0) is 42.7 Å². The summed E-state index contributed by atoms with van der Waals surface area (Å²) in [6.45, 7) is 6.56. The van der Waals surface area contributed by atoms with E-state index in [9.17, 15) is 8.42 Å². The molecule has 0 radical (unpaired) electrons. The molecular weight excluding hydrogens is 356 g/mol. The highest BCUT2D eigenvalue weighted by Gasteiger charge is 2.14. The highest BCUT2D eigenvalue weighted by Crippen LogP contribution is 2.20. The topological polar surface area (TPSA) is 96.6 Å². The standard InChI is InChI=1S/C17H24N4O2S2/c1-12(2)14-5-4-6-15(11-14)21-17(18)19-9-10-20-25(22,23)16-8-7-13(3)24-16/h4-8,11-12,20H,9-10H2,1-3H3,(H3,18,19,21). The van der Waals surface area contributed by atoms with Gasteiger partial charge in [0.25, 0.3) is 0 Å². The fraction of sp³-hybridized carbons (Fsp3) is 0.353. The van der Waals surface area contributed by atoms with E-state index in [0.717, 1.165) is 10.6 Å². The first-order chi connectivity index (χ1) is 11.8. The Balaban J connectivity index is 1.86. The molecule has 1 aromatic heterocycles. The van der Waals surface area contributed by atoms with Gasteiger partial charge in [0.1, 0.15) is 4.21 Å². The summed E-state index contributed by atoms with van der Waals surface area (Å²) in [6.07, 6.45) is 0. The van der Waals surface area contributed by atoms with Gasteiger partial charge in [-0.1, -0.05) is 26.0 Å². The van der Waals surface area contributed by atoms with Gasteiger partial charge in [-0.15, -0.1) is 11.3 Å². The van der Waals surface area contributed by atoms with E-state index in [1.807, 2.05) is 25.1 Å². The Morgan fingerprint density at radius 2 is 2.04 bits per heavy atom. The van der Waals surface area contributed by atoms with Crippen LogP contribution >= 0.6 is 11.3 Å². The van der Waals surface area contributed by atoms with Crippen LogP contribution in [-0.2, 0) is 10.0 Å². The summed E-state index contributed by atoms with van der Waals surface area (Å²) in [7, 11) is -3.47. The van der Waals surface area contributed by atoms with E-state index in [2.05, 4.69) is 34.9 Å². The summed E-state index contributed by atoms with van der Waals surface area (Å²) in [4.78, 5) is 5.11. The smallest absolute Gasteiger partial charge is 0.250 e. The number of hydrogen-bond acceptors (Lipinski definition) is 4. The molecule has 0 atom stereocenters. The Bertz CT molecular complexity index is 842. The Kier molecular flexibility index (Phi) is 6.57. The third-order valence-electron chi connectivity index (χ3n) is 3.49. The van der Waals surface area contributed by atoms with Crippen molar-refractivity contribution in [3.05, 3.63) is 46.8 Å². The zero-order valence-corrected chi connectivity index (χ0v) is 16.2. The van der Waals surface area contributed by atoms with Crippen molar-refractivity contribution < 1.29 is 8.42 Å². The highest BCUT2D eigenvalue weighted by atomic mass is 32.2. The molecule has 2 aromatic rings. The molecule has 0 saturated carbocycles. The predicted octanol–water partition coefficient (Wildman–Crippen LogP) is 2.89. The number of aliphatic imine (C=N–C) groups is 1. The van der Waals surface area contributed by atoms with Crippen LogP contribution in [-0.4, -0.2) is 27.5 Å². The van der Waals surface area contributed by atoms with Crippen molar-refractivity contribution in [1.82, 2.24) is 4.72 Å². The number of anilines is 1. The molecule has 0 aliphatic heterocycles. The maximum atomic E-state index is 12.1. The fourth-order valence-corrected chi connectivity index (χ4v) is 4.50. The maximum Gasteiger partial charge on any atom is 0.250 e. The fourth-order valence-electron chi connectivity index (χ4n) is 2.15. The van der Waals surface area contributed by atoms with E-state index in [4.69, 9.17) is 5.73 Å². The number of aryl methyl sites for hydroxylation is 1. The van der Waals surface area contributed by atoms with Crippen molar-refractivity contribution in [2.45, 2.75) is 30.9 Å². The molecule has 0 unspecified atom stereocenters. The lowest BCUT2D eigenvalue weighted by molar-refractivity contribution is 0.584. The molecular formula is C17H24N4O2S2. The number of rotatable bonds is 7. The number of nitrogens with one attached hydrogen (secondary N) is 2. The Morgan fingerprint density at radius 3 is 2.68 bits per heavy atom. The van der Waals surface area contributed by atoms with Crippen molar-refractivity contribution in [1.29, 1.82) is 0 Å². The van der Waals surface area contributed by atoms with E-state index in [-0.39, 0.29) is 19.0 Å². The van der Waals surface area contributed by atoms with Crippen molar-refractivity contribution in [3.8, 4) is 0 Å². The number of hydrogen-bond donors (Lipinski definition) is 3. The number of guanidine groups is 1. The van der Waals surface area contributed by atoms with Crippen LogP contribution in [0, 0.1) is 6.92 Å². The molecule has 25 heavy (non-hydrogen) atoms. The molecule has 0 spiro atoms. The Hall–Kier alpha value is -1.90. The molecule has 136 valence electrons. The predicted molar refractivity (Wildman–Crippen MR) is 105 cm³/mol. The molecule has 0 bridgehead atoms. The number of nitrogens with two attached hydrogens (primary N) is 1. The van der Waals surface area contributed by atoms with Crippen molar-refractivity contribution in [3.63, 3.8) is 0 Å². The van der Waals surface area contributed by atoms with Gasteiger partial charge < -0.3 is 11.1 Å². The lowest BCUT2D eigenvalue weighted by Gasteiger charge is -2.10. The molecule has 0 aliphatic carbocycles. The Labute approximate surface area is 153 Å². The van der Waals surface area contributed by atoms with Gasteiger partial charge in [0.05, 0.1) is 6.54 Å². The van der Waals surface area contributed by atoms with Gasteiger partial charge in [-0.25, -0.2) is 13.1 Å². The molecule has 0 aliphatic rings. The molecule has 0 amide bonds. The van der Waals surface area contributed by atoms with Crippen molar-refractivity contribution in [2.24, 2.45) is 10.7 Å². The van der Waals surface area contributed by atoms with Gasteiger partial charge in [-0.2, -0.15) is 0 Å². The minimum Gasteiger partial charge on any atom is -0.370 e.